The average molecular weight is 224 g/mol. The highest BCUT2D eigenvalue weighted by Crippen LogP contribution is 1.97. The Labute approximate surface area is 96.9 Å². The van der Waals surface area contributed by atoms with Gasteiger partial charge in [0.2, 0.25) is 0 Å². The Balaban J connectivity index is 0. The van der Waals surface area contributed by atoms with Gasteiger partial charge in [-0.25, -0.2) is 0 Å². The van der Waals surface area contributed by atoms with Crippen LogP contribution >= 0.6 is 0 Å². The first kappa shape index (κ1) is 17.1. The van der Waals surface area contributed by atoms with Gasteiger partial charge < -0.3 is 16.3 Å². The number of hydrogen-bond acceptors (Lipinski definition) is 1. The molecule has 1 rings (SSSR count). The van der Waals surface area contributed by atoms with Crippen LogP contribution in [0.5, 0.6) is 0 Å². The number of rotatable bonds is 2. The largest absolute Gasteiger partial charge is 0.412 e. The van der Waals surface area contributed by atoms with E-state index in [-0.39, 0.29) is 22.3 Å². The molecule has 0 unspecified atom stereocenters. The normalized spacial score (nSPS) is 9.44. The van der Waals surface area contributed by atoms with E-state index in [1.807, 2.05) is 51.1 Å². The maximum absolute atomic E-state index is 11.5. The van der Waals surface area contributed by atoms with Gasteiger partial charge in [0.15, 0.2) is 5.81 Å². The minimum absolute atomic E-state index is 0. The van der Waals surface area contributed by atoms with Gasteiger partial charge in [0.05, 0.1) is 0 Å². The zero-order chi connectivity index (χ0) is 10.6. The molecule has 5 heteroatoms. The molecule has 89 valence electrons. The second-order valence-electron chi connectivity index (χ2n) is 4.29. The highest BCUT2D eigenvalue weighted by molar-refractivity contribution is 6.83. The van der Waals surface area contributed by atoms with E-state index in [1.165, 1.54) is 0 Å². The third-order valence-corrected chi connectivity index (χ3v) is 1.60. The van der Waals surface area contributed by atoms with Crippen molar-refractivity contribution < 1.29 is 15.7 Å². The first-order valence-corrected chi connectivity index (χ1v) is 4.69. The van der Waals surface area contributed by atoms with E-state index in [2.05, 4.69) is 5.32 Å². The van der Waals surface area contributed by atoms with Gasteiger partial charge in [-0.2, -0.15) is 0 Å². The molecule has 1 aromatic carbocycles. The van der Waals surface area contributed by atoms with E-state index in [9.17, 15) is 4.79 Å². The average Bonchev–Trinajstić information content (AvgIpc) is 2.02. The van der Waals surface area contributed by atoms with E-state index in [0.717, 1.165) is 5.46 Å². The van der Waals surface area contributed by atoms with Gasteiger partial charge in [-0.3, -0.25) is 4.79 Å². The van der Waals surface area contributed by atoms with Gasteiger partial charge in [-0.1, -0.05) is 35.8 Å². The lowest BCUT2D eigenvalue weighted by Gasteiger charge is -2.20. The van der Waals surface area contributed by atoms with Crippen LogP contribution in [0.3, 0.4) is 0 Å². The molecular weight excluding hydrogens is 205 g/mol. The SMILES string of the molecule is CC(C)(C)NC(=O)[B]c1ccccc1.O.O. The minimum Gasteiger partial charge on any atom is -0.412 e. The molecule has 0 aliphatic carbocycles. The molecule has 5 N–H and O–H groups in total. The van der Waals surface area contributed by atoms with Gasteiger partial charge >= 0.3 is 0 Å². The topological polar surface area (TPSA) is 92.1 Å². The van der Waals surface area contributed by atoms with Crippen molar-refractivity contribution in [1.82, 2.24) is 5.32 Å². The molecule has 0 aliphatic heterocycles. The fraction of sp³-hybridized carbons (Fsp3) is 0.364. The molecule has 16 heavy (non-hydrogen) atoms. The maximum atomic E-state index is 11.5. The fourth-order valence-corrected chi connectivity index (χ4v) is 1.11. The van der Waals surface area contributed by atoms with Gasteiger partial charge in [0.25, 0.3) is 7.28 Å². The molecule has 0 atom stereocenters. The minimum atomic E-state index is -0.178. The number of carbonyl (C=O) groups excluding carboxylic acids is 1. The second kappa shape index (κ2) is 7.03. The number of nitrogens with one attached hydrogen (secondary N) is 1. The molecule has 0 fully saturated rings. The number of carbonyl (C=O) groups is 1. The summed E-state index contributed by atoms with van der Waals surface area (Å²) in [5.41, 5.74) is 0.747. The van der Waals surface area contributed by atoms with E-state index < -0.39 is 0 Å². The van der Waals surface area contributed by atoms with Gasteiger partial charge in [0.1, 0.15) is 0 Å². The zero-order valence-corrected chi connectivity index (χ0v) is 9.87. The van der Waals surface area contributed by atoms with Crippen LogP contribution in [0.15, 0.2) is 30.3 Å². The smallest absolute Gasteiger partial charge is 0.271 e. The molecule has 0 heterocycles. The number of amides is 1. The molecule has 0 aromatic heterocycles. The zero-order valence-electron chi connectivity index (χ0n) is 9.87. The van der Waals surface area contributed by atoms with Crippen LogP contribution in [0.1, 0.15) is 20.8 Å². The number of hydrogen-bond donors (Lipinski definition) is 1. The quantitative estimate of drug-likeness (QED) is 0.696. The van der Waals surface area contributed by atoms with E-state index >= 15 is 0 Å². The first-order chi connectivity index (χ1) is 6.47. The van der Waals surface area contributed by atoms with E-state index in [0.29, 0.717) is 0 Å². The summed E-state index contributed by atoms with van der Waals surface area (Å²) < 4.78 is 0. The van der Waals surface area contributed by atoms with Crippen LogP contribution in [0.4, 0.5) is 4.79 Å². The van der Waals surface area contributed by atoms with Crippen LogP contribution in [0, 0.1) is 0 Å². The monoisotopic (exact) mass is 224 g/mol. The highest BCUT2D eigenvalue weighted by Gasteiger charge is 2.14. The number of benzene rings is 1. The van der Waals surface area contributed by atoms with Crippen LogP contribution < -0.4 is 10.8 Å². The molecule has 0 bridgehead atoms. The summed E-state index contributed by atoms with van der Waals surface area (Å²) in [4.78, 5) is 11.5. The molecule has 1 aromatic rings. The molecular formula is C11H19BNO3. The molecule has 4 nitrogen and oxygen atoms in total. The maximum Gasteiger partial charge on any atom is 0.271 e. The Hall–Kier alpha value is -1.33. The van der Waals surface area contributed by atoms with Crippen molar-refractivity contribution in [3.05, 3.63) is 30.3 Å². The van der Waals surface area contributed by atoms with Crippen molar-refractivity contribution in [3.8, 4) is 0 Å². The Morgan fingerprint density at radius 1 is 1.12 bits per heavy atom. The highest BCUT2D eigenvalue weighted by atomic mass is 16.1. The lowest BCUT2D eigenvalue weighted by molar-refractivity contribution is 0.251. The summed E-state index contributed by atoms with van der Waals surface area (Å²) in [5, 5.41) is 2.87. The fourth-order valence-electron chi connectivity index (χ4n) is 1.11. The Morgan fingerprint density at radius 2 is 1.62 bits per heavy atom. The van der Waals surface area contributed by atoms with Crippen molar-refractivity contribution in [2.75, 3.05) is 0 Å². The van der Waals surface area contributed by atoms with E-state index in [4.69, 9.17) is 0 Å². The molecule has 0 spiro atoms. The lowest BCUT2D eigenvalue weighted by atomic mass is 9.69. The Bertz CT molecular complexity index is 309. The lowest BCUT2D eigenvalue weighted by Crippen LogP contribution is -2.44. The summed E-state index contributed by atoms with van der Waals surface area (Å²) in [7, 11) is 1.60. The molecule has 0 saturated carbocycles. The third kappa shape index (κ3) is 7.03. The van der Waals surface area contributed by atoms with Gasteiger partial charge in [0, 0.05) is 5.54 Å². The van der Waals surface area contributed by atoms with Gasteiger partial charge in [-0.15, -0.1) is 0 Å². The molecule has 0 aliphatic rings. The van der Waals surface area contributed by atoms with Crippen molar-refractivity contribution in [3.63, 3.8) is 0 Å². The summed E-state index contributed by atoms with van der Waals surface area (Å²) in [6, 6.07) is 9.57. The van der Waals surface area contributed by atoms with Crippen molar-refractivity contribution >= 4 is 18.5 Å². The van der Waals surface area contributed by atoms with Crippen LogP contribution in [-0.2, 0) is 0 Å². The summed E-state index contributed by atoms with van der Waals surface area (Å²) in [5.74, 6) is -0.0521. The summed E-state index contributed by atoms with van der Waals surface area (Å²) in [6.45, 7) is 5.89. The van der Waals surface area contributed by atoms with Crippen molar-refractivity contribution in [1.29, 1.82) is 0 Å². The Morgan fingerprint density at radius 3 is 2.06 bits per heavy atom. The van der Waals surface area contributed by atoms with Gasteiger partial charge in [-0.05, 0) is 20.8 Å². The van der Waals surface area contributed by atoms with Crippen LogP contribution in [-0.4, -0.2) is 29.6 Å². The van der Waals surface area contributed by atoms with Crippen molar-refractivity contribution in [2.24, 2.45) is 0 Å². The third-order valence-electron chi connectivity index (χ3n) is 1.60. The molecule has 1 amide bonds. The van der Waals surface area contributed by atoms with Crippen LogP contribution in [0.2, 0.25) is 0 Å². The van der Waals surface area contributed by atoms with Crippen molar-refractivity contribution in [2.45, 2.75) is 26.3 Å². The molecule has 0 saturated heterocycles. The first-order valence-electron chi connectivity index (χ1n) is 4.69. The van der Waals surface area contributed by atoms with Crippen LogP contribution in [0.25, 0.3) is 0 Å². The predicted octanol–water partition coefficient (Wildman–Crippen LogP) is -0.125. The molecule has 1 radical (unpaired) electrons. The second-order valence-corrected chi connectivity index (χ2v) is 4.29. The summed E-state index contributed by atoms with van der Waals surface area (Å²) in [6.07, 6.45) is 0. The predicted molar refractivity (Wildman–Crippen MR) is 67.3 cm³/mol. The Kier molecular flexibility index (Phi) is 7.51. The van der Waals surface area contributed by atoms with E-state index in [1.54, 1.807) is 7.28 Å². The summed E-state index contributed by atoms with van der Waals surface area (Å²) >= 11 is 0. The standard InChI is InChI=1S/C11H15BNO.2H2O/c1-11(2,3)13-10(14)12-9-7-5-4-6-8-9;;/h4-8H,1-3H3,(H,13,14);2*1H2.